The van der Waals surface area contributed by atoms with Crippen molar-refractivity contribution < 1.29 is 22.4 Å². The molecule has 96 valence electrons. The molecule has 8 heteroatoms. The van der Waals surface area contributed by atoms with Crippen molar-refractivity contribution in [2.24, 2.45) is 0 Å². The van der Waals surface area contributed by atoms with Crippen LogP contribution in [-0.4, -0.2) is 16.5 Å². The molecule has 0 radical (unpaired) electrons. The Labute approximate surface area is 104 Å². The highest BCUT2D eigenvalue weighted by molar-refractivity contribution is 6.32. The Morgan fingerprint density at radius 2 is 2.06 bits per heavy atom. The quantitative estimate of drug-likeness (QED) is 0.842. The molecule has 0 unspecified atom stereocenters. The van der Waals surface area contributed by atoms with Crippen molar-refractivity contribution in [3.8, 4) is 17.2 Å². The Balaban J connectivity index is 2.30. The molecule has 0 amide bonds. The van der Waals surface area contributed by atoms with Crippen molar-refractivity contribution in [2.75, 3.05) is 0 Å². The van der Waals surface area contributed by atoms with E-state index in [-0.39, 0.29) is 10.9 Å². The zero-order valence-corrected chi connectivity index (χ0v) is 9.71. The average molecular weight is 279 g/mol. The molecule has 1 aromatic heterocycles. The Kier molecular flexibility index (Phi) is 3.16. The van der Waals surface area contributed by atoms with Gasteiger partial charge in [-0.2, -0.15) is 4.98 Å². The molecule has 0 aliphatic heterocycles. The number of hydrogen-bond acceptors (Lipinski definition) is 4. The molecule has 0 spiro atoms. The van der Waals surface area contributed by atoms with Crippen molar-refractivity contribution in [3.05, 3.63) is 29.0 Å². The summed E-state index contributed by atoms with van der Waals surface area (Å²) >= 11 is 5.68. The zero-order chi connectivity index (χ0) is 13.3. The maximum absolute atomic E-state index is 12.0. The Morgan fingerprint density at radius 1 is 1.33 bits per heavy atom. The van der Waals surface area contributed by atoms with Crippen LogP contribution in [0.1, 0.15) is 5.82 Å². The number of aromatic nitrogens is 2. The molecule has 0 N–H and O–H groups in total. The molecule has 0 fully saturated rings. The summed E-state index contributed by atoms with van der Waals surface area (Å²) < 4.78 is 44.7. The van der Waals surface area contributed by atoms with Crippen LogP contribution in [0.4, 0.5) is 13.2 Å². The Bertz CT molecular complexity index is 568. The Hall–Kier alpha value is -1.76. The van der Waals surface area contributed by atoms with Crippen LogP contribution in [0, 0.1) is 6.92 Å². The summed E-state index contributed by atoms with van der Waals surface area (Å²) in [6, 6.07) is 3.69. The van der Waals surface area contributed by atoms with Gasteiger partial charge in [0.05, 0.1) is 5.02 Å². The maximum atomic E-state index is 12.0. The molecule has 1 aromatic carbocycles. The summed E-state index contributed by atoms with van der Waals surface area (Å²) in [6.07, 6.45) is -4.79. The molecule has 0 saturated carbocycles. The maximum Gasteiger partial charge on any atom is 0.573 e. The lowest BCUT2D eigenvalue weighted by Gasteiger charge is -2.10. The second-order valence-corrected chi connectivity index (χ2v) is 3.75. The fourth-order valence-electron chi connectivity index (χ4n) is 1.26. The number of nitrogens with zero attached hydrogens (tertiary/aromatic N) is 2. The van der Waals surface area contributed by atoms with Crippen LogP contribution in [0.3, 0.4) is 0 Å². The minimum atomic E-state index is -4.79. The van der Waals surface area contributed by atoms with Gasteiger partial charge >= 0.3 is 6.36 Å². The number of hydrogen-bond donors (Lipinski definition) is 0. The van der Waals surface area contributed by atoms with E-state index in [0.717, 1.165) is 6.07 Å². The van der Waals surface area contributed by atoms with Gasteiger partial charge in [-0.05, 0) is 25.1 Å². The zero-order valence-electron chi connectivity index (χ0n) is 8.95. The van der Waals surface area contributed by atoms with Gasteiger partial charge < -0.3 is 9.26 Å². The summed E-state index contributed by atoms with van der Waals surface area (Å²) in [6.45, 7) is 1.62. The average Bonchev–Trinajstić information content (AvgIpc) is 2.66. The molecule has 4 nitrogen and oxygen atoms in total. The first-order valence-electron chi connectivity index (χ1n) is 4.71. The van der Waals surface area contributed by atoms with Crippen molar-refractivity contribution >= 4 is 11.6 Å². The van der Waals surface area contributed by atoms with Gasteiger partial charge in [0.1, 0.15) is 5.75 Å². The van der Waals surface area contributed by atoms with Gasteiger partial charge in [0.25, 0.3) is 5.89 Å². The first-order chi connectivity index (χ1) is 8.35. The highest BCUT2D eigenvalue weighted by Crippen LogP contribution is 2.33. The smallest absolute Gasteiger partial charge is 0.404 e. The van der Waals surface area contributed by atoms with Crippen molar-refractivity contribution in [1.82, 2.24) is 10.1 Å². The molecular weight excluding hydrogens is 273 g/mol. The normalized spacial score (nSPS) is 11.6. The van der Waals surface area contributed by atoms with E-state index >= 15 is 0 Å². The van der Waals surface area contributed by atoms with Gasteiger partial charge in [0, 0.05) is 5.56 Å². The lowest BCUT2D eigenvalue weighted by atomic mass is 10.2. The molecule has 0 aliphatic rings. The molecular formula is C10H6ClF3N2O2. The second kappa shape index (κ2) is 4.49. The third-order valence-electron chi connectivity index (χ3n) is 1.93. The minimum absolute atomic E-state index is 0.174. The highest BCUT2D eigenvalue weighted by Gasteiger charge is 2.32. The molecule has 2 rings (SSSR count). The second-order valence-electron chi connectivity index (χ2n) is 3.34. The van der Waals surface area contributed by atoms with Crippen LogP contribution in [0.25, 0.3) is 11.5 Å². The lowest BCUT2D eigenvalue weighted by Crippen LogP contribution is -2.17. The SMILES string of the molecule is Cc1noc(-c2ccc(OC(F)(F)F)c(Cl)c2)n1. The first-order valence-corrected chi connectivity index (χ1v) is 5.09. The number of rotatable bonds is 2. The molecule has 0 bridgehead atoms. The summed E-state index contributed by atoms with van der Waals surface area (Å²) in [4.78, 5) is 3.93. The largest absolute Gasteiger partial charge is 0.573 e. The van der Waals surface area contributed by atoms with E-state index in [4.69, 9.17) is 16.1 Å². The van der Waals surface area contributed by atoms with Crippen LogP contribution in [0.15, 0.2) is 22.7 Å². The summed E-state index contributed by atoms with van der Waals surface area (Å²) in [5.41, 5.74) is 0.412. The van der Waals surface area contributed by atoms with Gasteiger partial charge in [0.15, 0.2) is 5.82 Å². The van der Waals surface area contributed by atoms with Crippen LogP contribution in [-0.2, 0) is 0 Å². The predicted molar refractivity (Wildman–Crippen MR) is 56.2 cm³/mol. The highest BCUT2D eigenvalue weighted by atomic mass is 35.5. The van der Waals surface area contributed by atoms with Gasteiger partial charge in [0.2, 0.25) is 0 Å². The fourth-order valence-corrected chi connectivity index (χ4v) is 1.47. The van der Waals surface area contributed by atoms with Crippen LogP contribution in [0.2, 0.25) is 5.02 Å². The van der Waals surface area contributed by atoms with Crippen LogP contribution >= 0.6 is 11.6 Å². The molecule has 0 saturated heterocycles. The van der Waals surface area contributed by atoms with E-state index in [1.54, 1.807) is 6.92 Å². The number of ether oxygens (including phenoxy) is 1. The predicted octanol–water partition coefficient (Wildman–Crippen LogP) is 3.60. The third kappa shape index (κ3) is 2.92. The molecule has 2 aromatic rings. The summed E-state index contributed by atoms with van der Waals surface area (Å²) in [7, 11) is 0. The van der Waals surface area contributed by atoms with Crippen molar-refractivity contribution in [2.45, 2.75) is 13.3 Å². The van der Waals surface area contributed by atoms with Gasteiger partial charge in [-0.1, -0.05) is 16.8 Å². The third-order valence-corrected chi connectivity index (χ3v) is 2.23. The minimum Gasteiger partial charge on any atom is -0.404 e. The van der Waals surface area contributed by atoms with Crippen molar-refractivity contribution in [1.29, 1.82) is 0 Å². The van der Waals surface area contributed by atoms with Crippen LogP contribution in [0.5, 0.6) is 5.75 Å². The fraction of sp³-hybridized carbons (Fsp3) is 0.200. The van der Waals surface area contributed by atoms with E-state index in [2.05, 4.69) is 14.9 Å². The number of benzene rings is 1. The van der Waals surface area contributed by atoms with Gasteiger partial charge in [-0.25, -0.2) is 0 Å². The van der Waals surface area contributed by atoms with Gasteiger partial charge in [-0.15, -0.1) is 13.2 Å². The van der Waals surface area contributed by atoms with E-state index in [1.807, 2.05) is 0 Å². The lowest BCUT2D eigenvalue weighted by molar-refractivity contribution is -0.274. The molecule has 18 heavy (non-hydrogen) atoms. The molecule has 0 aliphatic carbocycles. The molecule has 0 atom stereocenters. The topological polar surface area (TPSA) is 48.2 Å². The standard InChI is InChI=1S/C10H6ClF3N2O2/c1-5-15-9(18-16-5)6-2-3-8(7(11)4-6)17-10(12,13)14/h2-4H,1H3. The van der Waals surface area contributed by atoms with E-state index < -0.39 is 12.1 Å². The summed E-state index contributed by atoms with van der Waals surface area (Å²) in [5.74, 6) is 0.105. The monoisotopic (exact) mass is 278 g/mol. The number of halogens is 4. The summed E-state index contributed by atoms with van der Waals surface area (Å²) in [5, 5.41) is 3.37. The van der Waals surface area contributed by atoms with Gasteiger partial charge in [-0.3, -0.25) is 0 Å². The molecule has 1 heterocycles. The van der Waals surface area contributed by atoms with E-state index in [9.17, 15) is 13.2 Å². The number of alkyl halides is 3. The number of aryl methyl sites for hydroxylation is 1. The van der Waals surface area contributed by atoms with E-state index in [1.165, 1.54) is 12.1 Å². The van der Waals surface area contributed by atoms with E-state index in [0.29, 0.717) is 11.4 Å². The first kappa shape index (κ1) is 12.7. The van der Waals surface area contributed by atoms with Crippen molar-refractivity contribution in [3.63, 3.8) is 0 Å². The van der Waals surface area contributed by atoms with Crippen LogP contribution < -0.4 is 4.74 Å². The Morgan fingerprint density at radius 3 is 2.56 bits per heavy atom.